The molecule has 24 heavy (non-hydrogen) atoms. The molecule has 132 valence electrons. The highest BCUT2D eigenvalue weighted by Gasteiger charge is 2.27. The van der Waals surface area contributed by atoms with Gasteiger partial charge in [0, 0.05) is 12.1 Å². The molecule has 1 aliphatic heterocycles. The van der Waals surface area contributed by atoms with Crippen molar-refractivity contribution in [3.8, 4) is 0 Å². The number of aliphatic hydroxyl groups excluding tert-OH is 2. The maximum absolute atomic E-state index is 11.5. The van der Waals surface area contributed by atoms with E-state index in [1.807, 2.05) is 0 Å². The number of benzene rings is 1. The minimum atomic E-state index is -1.15. The van der Waals surface area contributed by atoms with E-state index in [4.69, 9.17) is 4.74 Å². The zero-order chi connectivity index (χ0) is 17.9. The smallest absolute Gasteiger partial charge is 0.407 e. The second kappa shape index (κ2) is 7.19. The number of para-hydroxylation sites is 1. The molecule has 0 spiro atoms. The first kappa shape index (κ1) is 18.2. The Hall–Kier alpha value is -2.12. The number of aliphatic hydroxyl groups is 2. The van der Waals surface area contributed by atoms with Crippen LogP contribution < -0.4 is 10.6 Å². The van der Waals surface area contributed by atoms with Gasteiger partial charge < -0.3 is 25.6 Å². The van der Waals surface area contributed by atoms with Gasteiger partial charge in [0.05, 0.1) is 18.2 Å². The van der Waals surface area contributed by atoms with Gasteiger partial charge in [-0.25, -0.2) is 4.79 Å². The van der Waals surface area contributed by atoms with E-state index in [0.29, 0.717) is 11.3 Å². The number of ether oxygens (including phenoxy) is 1. The summed E-state index contributed by atoms with van der Waals surface area (Å²) in [6, 6.07) is 5.21. The Morgan fingerprint density at radius 1 is 1.38 bits per heavy atom. The number of hydrogen-bond donors (Lipinski definition) is 4. The van der Waals surface area contributed by atoms with Crippen LogP contribution in [-0.4, -0.2) is 40.5 Å². The number of anilines is 1. The third-order valence-corrected chi connectivity index (χ3v) is 3.59. The summed E-state index contributed by atoms with van der Waals surface area (Å²) >= 11 is 0. The highest BCUT2D eigenvalue weighted by atomic mass is 16.6. The van der Waals surface area contributed by atoms with Crippen molar-refractivity contribution in [2.24, 2.45) is 0 Å². The lowest BCUT2D eigenvalue weighted by Gasteiger charge is -2.22. The third-order valence-electron chi connectivity index (χ3n) is 3.59. The van der Waals surface area contributed by atoms with Crippen LogP contribution in [0.2, 0.25) is 0 Å². The van der Waals surface area contributed by atoms with Crippen LogP contribution in [0.5, 0.6) is 0 Å². The van der Waals surface area contributed by atoms with Crippen LogP contribution in [0.15, 0.2) is 18.2 Å². The van der Waals surface area contributed by atoms with Crippen LogP contribution in [0.1, 0.15) is 44.4 Å². The molecule has 2 rings (SSSR count). The van der Waals surface area contributed by atoms with Gasteiger partial charge in [0.25, 0.3) is 0 Å². The molecule has 0 saturated heterocycles. The van der Waals surface area contributed by atoms with Crippen molar-refractivity contribution in [2.75, 3.05) is 11.9 Å². The Kier molecular flexibility index (Phi) is 5.46. The average Bonchev–Trinajstić information content (AvgIpc) is 2.84. The number of amides is 2. The van der Waals surface area contributed by atoms with E-state index in [-0.39, 0.29) is 25.3 Å². The van der Waals surface area contributed by atoms with E-state index in [2.05, 4.69) is 10.6 Å². The summed E-state index contributed by atoms with van der Waals surface area (Å²) in [4.78, 5) is 23.0. The number of nitrogens with one attached hydrogen (secondary N) is 2. The lowest BCUT2D eigenvalue weighted by molar-refractivity contribution is -0.115. The van der Waals surface area contributed by atoms with Crippen LogP contribution in [0.4, 0.5) is 10.5 Å². The fourth-order valence-electron chi connectivity index (χ4n) is 2.52. The van der Waals surface area contributed by atoms with E-state index in [9.17, 15) is 19.8 Å². The molecule has 7 heteroatoms. The summed E-state index contributed by atoms with van der Waals surface area (Å²) in [5, 5.41) is 25.7. The number of fused-ring (bicyclic) bond motifs is 1. The Bertz CT molecular complexity index is 624. The van der Waals surface area contributed by atoms with Crippen LogP contribution >= 0.6 is 0 Å². The standard InChI is InChI=1S/C17H24N2O5/c1-17(2,3)24-16(23)18-8-7-12(20)15(22)11-6-4-5-10-9-13(21)19-14(10)11/h4-6,12,15,20,22H,7-9H2,1-3H3,(H,18,23)(H,19,21). The first-order chi connectivity index (χ1) is 11.2. The van der Waals surface area contributed by atoms with Crippen LogP contribution in [-0.2, 0) is 16.0 Å². The summed E-state index contributed by atoms with van der Waals surface area (Å²) in [7, 11) is 0. The molecule has 0 aromatic heterocycles. The molecule has 1 aliphatic rings. The summed E-state index contributed by atoms with van der Waals surface area (Å²) < 4.78 is 5.10. The van der Waals surface area contributed by atoms with Gasteiger partial charge in [-0.15, -0.1) is 0 Å². The number of hydrogen-bond acceptors (Lipinski definition) is 5. The minimum absolute atomic E-state index is 0.134. The highest BCUT2D eigenvalue weighted by Crippen LogP contribution is 2.33. The van der Waals surface area contributed by atoms with E-state index >= 15 is 0 Å². The van der Waals surface area contributed by atoms with Crippen LogP contribution in [0.25, 0.3) is 0 Å². The van der Waals surface area contributed by atoms with Crippen molar-refractivity contribution >= 4 is 17.7 Å². The third kappa shape index (κ3) is 4.69. The molecule has 7 nitrogen and oxygen atoms in total. The molecule has 2 atom stereocenters. The van der Waals surface area contributed by atoms with Crippen molar-refractivity contribution in [1.29, 1.82) is 0 Å². The highest BCUT2D eigenvalue weighted by molar-refractivity contribution is 6.00. The van der Waals surface area contributed by atoms with E-state index < -0.39 is 23.9 Å². The molecular weight excluding hydrogens is 312 g/mol. The first-order valence-corrected chi connectivity index (χ1v) is 7.92. The van der Waals surface area contributed by atoms with Gasteiger partial charge in [0.15, 0.2) is 0 Å². The normalized spacial score (nSPS) is 16.1. The molecule has 0 bridgehead atoms. The zero-order valence-electron chi connectivity index (χ0n) is 14.1. The summed E-state index contributed by atoms with van der Waals surface area (Å²) in [6.07, 6.45) is -2.38. The quantitative estimate of drug-likeness (QED) is 0.651. The summed E-state index contributed by atoms with van der Waals surface area (Å²) in [5.74, 6) is -0.134. The van der Waals surface area contributed by atoms with Gasteiger partial charge in [-0.1, -0.05) is 18.2 Å². The van der Waals surface area contributed by atoms with Crippen molar-refractivity contribution in [2.45, 2.75) is 51.4 Å². The second-order valence-corrected chi connectivity index (χ2v) is 6.84. The molecule has 1 aromatic rings. The zero-order valence-corrected chi connectivity index (χ0v) is 14.1. The maximum Gasteiger partial charge on any atom is 0.407 e. The molecule has 0 saturated carbocycles. The molecular formula is C17H24N2O5. The Morgan fingerprint density at radius 2 is 2.08 bits per heavy atom. The molecule has 0 aliphatic carbocycles. The molecule has 4 N–H and O–H groups in total. The minimum Gasteiger partial charge on any atom is -0.444 e. The Labute approximate surface area is 141 Å². The Balaban J connectivity index is 1.90. The second-order valence-electron chi connectivity index (χ2n) is 6.84. The fourth-order valence-corrected chi connectivity index (χ4v) is 2.52. The predicted molar refractivity (Wildman–Crippen MR) is 88.6 cm³/mol. The average molecular weight is 336 g/mol. The molecule has 1 aromatic carbocycles. The summed E-state index contributed by atoms with van der Waals surface area (Å²) in [6.45, 7) is 5.44. The van der Waals surface area contributed by atoms with Gasteiger partial charge in [-0.2, -0.15) is 0 Å². The number of carbonyl (C=O) groups is 2. The topological polar surface area (TPSA) is 108 Å². The summed E-state index contributed by atoms with van der Waals surface area (Å²) in [5.41, 5.74) is 1.25. The van der Waals surface area contributed by atoms with E-state index in [1.54, 1.807) is 39.0 Å². The van der Waals surface area contributed by atoms with E-state index in [0.717, 1.165) is 5.56 Å². The number of rotatable bonds is 5. The van der Waals surface area contributed by atoms with Crippen LogP contribution in [0.3, 0.4) is 0 Å². The largest absolute Gasteiger partial charge is 0.444 e. The van der Waals surface area contributed by atoms with Gasteiger partial charge in [-0.05, 0) is 32.8 Å². The predicted octanol–water partition coefficient (Wildman–Crippen LogP) is 1.49. The maximum atomic E-state index is 11.5. The van der Waals surface area contributed by atoms with Crippen molar-refractivity contribution in [1.82, 2.24) is 5.32 Å². The van der Waals surface area contributed by atoms with Gasteiger partial charge in [0.1, 0.15) is 11.7 Å². The van der Waals surface area contributed by atoms with Crippen molar-refractivity contribution in [3.05, 3.63) is 29.3 Å². The van der Waals surface area contributed by atoms with E-state index in [1.165, 1.54) is 0 Å². The first-order valence-electron chi connectivity index (χ1n) is 7.92. The lowest BCUT2D eigenvalue weighted by Crippen LogP contribution is -2.34. The molecule has 1 heterocycles. The van der Waals surface area contributed by atoms with Crippen molar-refractivity contribution < 1.29 is 24.5 Å². The molecule has 2 unspecified atom stereocenters. The fraction of sp³-hybridized carbons (Fsp3) is 0.529. The molecule has 2 amide bonds. The SMILES string of the molecule is CC(C)(C)OC(=O)NCCC(O)C(O)c1cccc2c1NC(=O)C2. The van der Waals surface area contributed by atoms with Gasteiger partial charge in [-0.3, -0.25) is 4.79 Å². The van der Waals surface area contributed by atoms with Crippen molar-refractivity contribution in [3.63, 3.8) is 0 Å². The van der Waals surface area contributed by atoms with Gasteiger partial charge >= 0.3 is 6.09 Å². The molecule has 0 fully saturated rings. The monoisotopic (exact) mass is 336 g/mol. The number of alkyl carbamates (subject to hydrolysis) is 1. The Morgan fingerprint density at radius 3 is 2.75 bits per heavy atom. The van der Waals surface area contributed by atoms with Crippen LogP contribution in [0, 0.1) is 0 Å². The molecule has 0 radical (unpaired) electrons. The number of carbonyl (C=O) groups excluding carboxylic acids is 2. The lowest BCUT2D eigenvalue weighted by atomic mass is 9.98. The van der Waals surface area contributed by atoms with Gasteiger partial charge in [0.2, 0.25) is 5.91 Å².